The van der Waals surface area contributed by atoms with Gasteiger partial charge in [0.2, 0.25) is 0 Å². The summed E-state index contributed by atoms with van der Waals surface area (Å²) in [5.74, 6) is 0.0364. The highest BCUT2D eigenvalue weighted by Gasteiger charge is 2.15. The molecule has 0 saturated heterocycles. The summed E-state index contributed by atoms with van der Waals surface area (Å²) in [5, 5.41) is 11.2. The van der Waals surface area contributed by atoms with E-state index in [0.29, 0.717) is 17.9 Å². The third-order valence-corrected chi connectivity index (χ3v) is 4.45. The zero-order chi connectivity index (χ0) is 20.6. The van der Waals surface area contributed by atoms with E-state index < -0.39 is 0 Å². The van der Waals surface area contributed by atoms with Crippen LogP contribution in [0.15, 0.2) is 65.8 Å². The van der Waals surface area contributed by atoms with Crippen molar-refractivity contribution in [1.29, 1.82) is 0 Å². The lowest BCUT2D eigenvalue weighted by Crippen LogP contribution is -2.20. The quantitative estimate of drug-likeness (QED) is 0.350. The molecule has 1 heterocycles. The van der Waals surface area contributed by atoms with Crippen molar-refractivity contribution >= 4 is 17.4 Å². The second-order valence-corrected chi connectivity index (χ2v) is 6.68. The number of amides is 1. The SMILES string of the molecule is Cc1nn(-c2ccccc2)c(C)c1NC(=O)CO/N=C(\N)CCc1ccccc1. The maximum atomic E-state index is 12.2. The lowest BCUT2D eigenvalue weighted by Gasteiger charge is -2.07. The maximum absolute atomic E-state index is 12.2. The van der Waals surface area contributed by atoms with Crippen LogP contribution >= 0.6 is 0 Å². The minimum Gasteiger partial charge on any atom is -0.384 e. The highest BCUT2D eigenvalue weighted by atomic mass is 16.6. The fraction of sp³-hybridized carbons (Fsp3) is 0.227. The first-order valence-electron chi connectivity index (χ1n) is 9.44. The molecule has 0 radical (unpaired) electrons. The Labute approximate surface area is 170 Å². The van der Waals surface area contributed by atoms with Crippen LogP contribution in [-0.4, -0.2) is 28.1 Å². The number of carbonyl (C=O) groups is 1. The number of aryl methyl sites for hydroxylation is 2. The molecule has 0 bridgehead atoms. The lowest BCUT2D eigenvalue weighted by atomic mass is 10.1. The van der Waals surface area contributed by atoms with Crippen LogP contribution < -0.4 is 11.1 Å². The zero-order valence-electron chi connectivity index (χ0n) is 16.6. The number of nitrogens with zero attached hydrogens (tertiary/aromatic N) is 3. The molecule has 3 N–H and O–H groups in total. The van der Waals surface area contributed by atoms with E-state index in [0.717, 1.165) is 23.5 Å². The van der Waals surface area contributed by atoms with Gasteiger partial charge in [0, 0.05) is 6.42 Å². The number of benzene rings is 2. The van der Waals surface area contributed by atoms with Gasteiger partial charge < -0.3 is 15.9 Å². The van der Waals surface area contributed by atoms with Crippen LogP contribution in [0.3, 0.4) is 0 Å². The van der Waals surface area contributed by atoms with Crippen molar-refractivity contribution in [2.45, 2.75) is 26.7 Å². The monoisotopic (exact) mass is 391 g/mol. The Kier molecular flexibility index (Phi) is 6.63. The summed E-state index contributed by atoms with van der Waals surface area (Å²) in [6, 6.07) is 19.7. The van der Waals surface area contributed by atoms with Gasteiger partial charge in [0.15, 0.2) is 6.61 Å². The predicted molar refractivity (Wildman–Crippen MR) is 114 cm³/mol. The van der Waals surface area contributed by atoms with Crippen LogP contribution in [0.25, 0.3) is 5.69 Å². The van der Waals surface area contributed by atoms with Gasteiger partial charge in [0.1, 0.15) is 5.84 Å². The molecule has 150 valence electrons. The van der Waals surface area contributed by atoms with Gasteiger partial charge in [-0.05, 0) is 38.0 Å². The van der Waals surface area contributed by atoms with Gasteiger partial charge in [-0.3, -0.25) is 4.79 Å². The molecule has 7 nitrogen and oxygen atoms in total. The number of hydrogen-bond acceptors (Lipinski definition) is 4. The van der Waals surface area contributed by atoms with Crippen molar-refractivity contribution in [3.8, 4) is 5.69 Å². The normalized spacial score (nSPS) is 11.3. The predicted octanol–water partition coefficient (Wildman–Crippen LogP) is 3.35. The van der Waals surface area contributed by atoms with Crippen LogP contribution in [0.4, 0.5) is 5.69 Å². The van der Waals surface area contributed by atoms with Crippen molar-refractivity contribution in [1.82, 2.24) is 9.78 Å². The van der Waals surface area contributed by atoms with Crippen LogP contribution in [0.5, 0.6) is 0 Å². The van der Waals surface area contributed by atoms with E-state index in [1.54, 1.807) is 4.68 Å². The average molecular weight is 391 g/mol. The van der Waals surface area contributed by atoms with Crippen LogP contribution in [0.1, 0.15) is 23.4 Å². The highest BCUT2D eigenvalue weighted by Crippen LogP contribution is 2.22. The van der Waals surface area contributed by atoms with Gasteiger partial charge in [-0.1, -0.05) is 53.7 Å². The minimum atomic E-state index is -0.316. The van der Waals surface area contributed by atoms with Crippen molar-refractivity contribution in [3.63, 3.8) is 0 Å². The number of nitrogens with two attached hydrogens (primary N) is 1. The van der Waals surface area contributed by atoms with Crippen LogP contribution in [0.2, 0.25) is 0 Å². The summed E-state index contributed by atoms with van der Waals surface area (Å²) < 4.78 is 1.80. The summed E-state index contributed by atoms with van der Waals surface area (Å²) in [4.78, 5) is 17.4. The van der Waals surface area contributed by atoms with Gasteiger partial charge in [-0.2, -0.15) is 5.10 Å². The molecule has 0 aliphatic carbocycles. The lowest BCUT2D eigenvalue weighted by molar-refractivity contribution is -0.120. The first kappa shape index (κ1) is 20.1. The van der Waals surface area contributed by atoms with E-state index in [2.05, 4.69) is 15.6 Å². The fourth-order valence-electron chi connectivity index (χ4n) is 2.96. The number of para-hydroxylation sites is 1. The van der Waals surface area contributed by atoms with E-state index in [1.165, 1.54) is 5.56 Å². The second-order valence-electron chi connectivity index (χ2n) is 6.68. The van der Waals surface area contributed by atoms with E-state index in [1.807, 2.05) is 74.5 Å². The Morgan fingerprint density at radius 2 is 1.76 bits per heavy atom. The molecule has 0 unspecified atom stereocenters. The van der Waals surface area contributed by atoms with Crippen molar-refractivity contribution in [2.75, 3.05) is 11.9 Å². The summed E-state index contributed by atoms with van der Waals surface area (Å²) >= 11 is 0. The van der Waals surface area contributed by atoms with Gasteiger partial charge in [0.05, 0.1) is 22.8 Å². The molecule has 0 fully saturated rings. The summed E-state index contributed by atoms with van der Waals surface area (Å²) in [6.45, 7) is 3.53. The largest absolute Gasteiger partial charge is 0.384 e. The molecule has 7 heteroatoms. The molecule has 2 aromatic carbocycles. The molecule has 3 rings (SSSR count). The number of oxime groups is 1. The number of hydrogen-bond donors (Lipinski definition) is 2. The number of carbonyl (C=O) groups excluding carboxylic acids is 1. The Morgan fingerprint density at radius 1 is 1.10 bits per heavy atom. The Bertz CT molecular complexity index is 981. The Hall–Kier alpha value is -3.61. The molecule has 0 aliphatic rings. The highest BCUT2D eigenvalue weighted by molar-refractivity contribution is 5.93. The second kappa shape index (κ2) is 9.54. The molecular formula is C22H25N5O2. The minimum absolute atomic E-state index is 0.221. The number of rotatable bonds is 8. The van der Waals surface area contributed by atoms with Gasteiger partial charge in [-0.15, -0.1) is 0 Å². The maximum Gasteiger partial charge on any atom is 0.265 e. The summed E-state index contributed by atoms with van der Waals surface area (Å²) in [6.07, 6.45) is 1.33. The number of amidine groups is 1. The Morgan fingerprint density at radius 3 is 2.45 bits per heavy atom. The topological polar surface area (TPSA) is 94.5 Å². The van der Waals surface area contributed by atoms with Gasteiger partial charge in [-0.25, -0.2) is 4.68 Å². The van der Waals surface area contributed by atoms with Crippen molar-refractivity contribution in [3.05, 3.63) is 77.6 Å². The molecule has 3 aromatic rings. The summed E-state index contributed by atoms with van der Waals surface area (Å²) in [7, 11) is 0. The van der Waals surface area contributed by atoms with Gasteiger partial charge >= 0.3 is 0 Å². The van der Waals surface area contributed by atoms with E-state index >= 15 is 0 Å². The third kappa shape index (κ3) is 5.44. The molecular weight excluding hydrogens is 366 g/mol. The molecule has 0 atom stereocenters. The van der Waals surface area contributed by atoms with E-state index in [-0.39, 0.29) is 12.5 Å². The van der Waals surface area contributed by atoms with Crippen LogP contribution in [0, 0.1) is 13.8 Å². The first-order valence-corrected chi connectivity index (χ1v) is 9.44. The smallest absolute Gasteiger partial charge is 0.265 e. The Balaban J connectivity index is 1.52. The van der Waals surface area contributed by atoms with Crippen molar-refractivity contribution in [2.24, 2.45) is 10.9 Å². The standard InChI is InChI=1S/C22H25N5O2/c1-16-22(17(2)27(25-16)19-11-7-4-8-12-19)24-21(28)15-29-26-20(23)14-13-18-9-5-3-6-10-18/h3-12H,13-15H2,1-2H3,(H2,23,26)(H,24,28). The van der Waals surface area contributed by atoms with Gasteiger partial charge in [0.25, 0.3) is 5.91 Å². The van der Waals surface area contributed by atoms with Crippen LogP contribution in [-0.2, 0) is 16.1 Å². The number of anilines is 1. The van der Waals surface area contributed by atoms with E-state index in [4.69, 9.17) is 10.6 Å². The number of nitrogens with one attached hydrogen (secondary N) is 1. The van der Waals surface area contributed by atoms with Crippen molar-refractivity contribution < 1.29 is 9.63 Å². The summed E-state index contributed by atoms with van der Waals surface area (Å²) in [5.41, 5.74) is 10.2. The zero-order valence-corrected chi connectivity index (χ0v) is 16.6. The molecule has 0 saturated carbocycles. The molecule has 0 spiro atoms. The number of aromatic nitrogens is 2. The average Bonchev–Trinajstić information content (AvgIpc) is 3.02. The van der Waals surface area contributed by atoms with E-state index in [9.17, 15) is 4.79 Å². The molecule has 0 aliphatic heterocycles. The first-order chi connectivity index (χ1) is 14.0. The molecule has 1 aromatic heterocycles. The molecule has 29 heavy (non-hydrogen) atoms. The third-order valence-electron chi connectivity index (χ3n) is 4.45. The fourth-order valence-corrected chi connectivity index (χ4v) is 2.96. The molecule has 1 amide bonds.